The fourth-order valence-electron chi connectivity index (χ4n) is 1.29. The van der Waals surface area contributed by atoms with Crippen LogP contribution in [0.25, 0.3) is 10.6 Å². The van der Waals surface area contributed by atoms with Gasteiger partial charge in [0.2, 0.25) is 0 Å². The molecule has 1 aromatic carbocycles. The average molecular weight is 225 g/mol. The monoisotopic (exact) mass is 225 g/mol. The third kappa shape index (κ3) is 1.90. The molecule has 0 aliphatic heterocycles. The fourth-order valence-corrected chi connectivity index (χ4v) is 2.24. The van der Waals surface area contributed by atoms with E-state index in [0.29, 0.717) is 5.01 Å². The van der Waals surface area contributed by atoms with Crippen LogP contribution in [0.2, 0.25) is 0 Å². The number of aryl methyl sites for hydroxylation is 1. The van der Waals surface area contributed by atoms with E-state index in [9.17, 15) is 8.78 Å². The first-order valence-corrected chi connectivity index (χ1v) is 5.49. The molecule has 2 rings (SSSR count). The minimum absolute atomic E-state index is 0.0257. The Morgan fingerprint density at radius 1 is 1.27 bits per heavy atom. The van der Waals surface area contributed by atoms with Crippen molar-refractivity contribution in [1.29, 1.82) is 0 Å². The average Bonchev–Trinajstić information content (AvgIpc) is 2.66. The molecule has 0 unspecified atom stereocenters. The Morgan fingerprint density at radius 2 is 1.93 bits per heavy atom. The summed E-state index contributed by atoms with van der Waals surface area (Å²) in [4.78, 5) is 4.16. The Kier molecular flexibility index (Phi) is 2.77. The fraction of sp³-hybridized carbons (Fsp3) is 0.182. The first kappa shape index (κ1) is 10.2. The number of nitrogens with zero attached hydrogens (tertiary/aromatic N) is 1. The molecule has 1 aromatic heterocycles. The second-order valence-corrected chi connectivity index (χ2v) is 3.95. The van der Waals surface area contributed by atoms with E-state index in [1.807, 2.05) is 12.3 Å². The zero-order chi connectivity index (χ0) is 10.8. The Labute approximate surface area is 90.4 Å². The summed E-state index contributed by atoms with van der Waals surface area (Å²) >= 11 is 1.26. The van der Waals surface area contributed by atoms with Gasteiger partial charge in [-0.05, 0) is 18.6 Å². The lowest BCUT2D eigenvalue weighted by Gasteiger charge is -1.99. The molecule has 0 radical (unpaired) electrons. The zero-order valence-corrected chi connectivity index (χ0v) is 8.94. The molecule has 2 aromatic rings. The van der Waals surface area contributed by atoms with E-state index >= 15 is 0 Å². The minimum atomic E-state index is -0.563. The van der Waals surface area contributed by atoms with Crippen molar-refractivity contribution in [3.05, 3.63) is 40.9 Å². The van der Waals surface area contributed by atoms with Crippen LogP contribution in [0, 0.1) is 11.6 Å². The number of benzene rings is 1. The standard InChI is InChI=1S/C11H9F2NS/c1-2-7-6-15-11(14-7)10-8(12)4-3-5-9(10)13/h3-6H,2H2,1H3. The lowest BCUT2D eigenvalue weighted by atomic mass is 10.2. The molecular weight excluding hydrogens is 216 g/mol. The molecule has 0 saturated carbocycles. The van der Waals surface area contributed by atoms with E-state index < -0.39 is 11.6 Å². The highest BCUT2D eigenvalue weighted by Gasteiger charge is 2.13. The molecule has 0 amide bonds. The summed E-state index contributed by atoms with van der Waals surface area (Å²) in [6.07, 6.45) is 0.770. The van der Waals surface area contributed by atoms with Crippen LogP contribution in [0.5, 0.6) is 0 Å². The molecule has 0 bridgehead atoms. The van der Waals surface area contributed by atoms with Gasteiger partial charge < -0.3 is 0 Å². The molecule has 0 N–H and O–H groups in total. The van der Waals surface area contributed by atoms with E-state index in [4.69, 9.17) is 0 Å². The normalized spacial score (nSPS) is 10.6. The van der Waals surface area contributed by atoms with Gasteiger partial charge in [-0.15, -0.1) is 11.3 Å². The van der Waals surface area contributed by atoms with Crippen molar-refractivity contribution in [2.45, 2.75) is 13.3 Å². The predicted molar refractivity (Wildman–Crippen MR) is 56.8 cm³/mol. The maximum absolute atomic E-state index is 13.4. The van der Waals surface area contributed by atoms with Gasteiger partial charge in [-0.25, -0.2) is 13.8 Å². The summed E-state index contributed by atoms with van der Waals surface area (Å²) < 4.78 is 26.8. The SMILES string of the molecule is CCc1csc(-c2c(F)cccc2F)n1. The quantitative estimate of drug-likeness (QED) is 0.760. The second kappa shape index (κ2) is 4.06. The predicted octanol–water partition coefficient (Wildman–Crippen LogP) is 3.65. The third-order valence-corrected chi connectivity index (χ3v) is 3.00. The van der Waals surface area contributed by atoms with Gasteiger partial charge in [-0.1, -0.05) is 13.0 Å². The Balaban J connectivity index is 2.53. The second-order valence-electron chi connectivity index (χ2n) is 3.09. The van der Waals surface area contributed by atoms with Gasteiger partial charge in [0.25, 0.3) is 0 Å². The number of rotatable bonds is 2. The molecule has 0 atom stereocenters. The largest absolute Gasteiger partial charge is 0.241 e. The highest BCUT2D eigenvalue weighted by atomic mass is 32.1. The van der Waals surface area contributed by atoms with E-state index in [-0.39, 0.29) is 5.56 Å². The highest BCUT2D eigenvalue weighted by Crippen LogP contribution is 2.28. The van der Waals surface area contributed by atoms with E-state index in [1.165, 1.54) is 29.5 Å². The highest BCUT2D eigenvalue weighted by molar-refractivity contribution is 7.13. The van der Waals surface area contributed by atoms with E-state index in [1.54, 1.807) is 0 Å². The van der Waals surface area contributed by atoms with Gasteiger partial charge in [0.05, 0.1) is 11.3 Å². The molecule has 15 heavy (non-hydrogen) atoms. The lowest BCUT2D eigenvalue weighted by Crippen LogP contribution is -1.89. The Hall–Kier alpha value is -1.29. The summed E-state index contributed by atoms with van der Waals surface area (Å²) in [6.45, 7) is 1.95. The van der Waals surface area contributed by atoms with Crippen molar-refractivity contribution in [3.63, 3.8) is 0 Å². The lowest BCUT2D eigenvalue weighted by molar-refractivity contribution is 0.589. The molecule has 78 valence electrons. The molecule has 1 nitrogen and oxygen atoms in total. The van der Waals surface area contributed by atoms with Crippen LogP contribution < -0.4 is 0 Å². The molecule has 0 spiro atoms. The number of hydrogen-bond acceptors (Lipinski definition) is 2. The number of thiazole rings is 1. The maximum Gasteiger partial charge on any atom is 0.136 e. The summed E-state index contributed by atoms with van der Waals surface area (Å²) in [6, 6.07) is 3.83. The smallest absolute Gasteiger partial charge is 0.136 e. The molecule has 4 heteroatoms. The molecule has 1 heterocycles. The van der Waals surface area contributed by atoms with Gasteiger partial charge >= 0.3 is 0 Å². The Morgan fingerprint density at radius 3 is 2.47 bits per heavy atom. The van der Waals surface area contributed by atoms with E-state index in [0.717, 1.165) is 12.1 Å². The third-order valence-electron chi connectivity index (χ3n) is 2.09. The van der Waals surface area contributed by atoms with E-state index in [2.05, 4.69) is 4.98 Å². The van der Waals surface area contributed by atoms with Crippen LogP contribution in [0.1, 0.15) is 12.6 Å². The van der Waals surface area contributed by atoms with Crippen LogP contribution in [0.4, 0.5) is 8.78 Å². The molecule has 0 saturated heterocycles. The van der Waals surface area contributed by atoms with Crippen LogP contribution in [0.15, 0.2) is 23.6 Å². The summed E-state index contributed by atoms with van der Waals surface area (Å²) in [7, 11) is 0. The van der Waals surface area contributed by atoms with Crippen LogP contribution in [0.3, 0.4) is 0 Å². The van der Waals surface area contributed by atoms with Crippen LogP contribution in [-0.4, -0.2) is 4.98 Å². The maximum atomic E-state index is 13.4. The van der Waals surface area contributed by atoms with Crippen LogP contribution in [-0.2, 0) is 6.42 Å². The van der Waals surface area contributed by atoms with Crippen molar-refractivity contribution in [2.24, 2.45) is 0 Å². The molecule has 0 aliphatic carbocycles. The van der Waals surface area contributed by atoms with Crippen molar-refractivity contribution >= 4 is 11.3 Å². The summed E-state index contributed by atoms with van der Waals surface area (Å²) in [5.74, 6) is -1.13. The zero-order valence-electron chi connectivity index (χ0n) is 8.13. The number of halogens is 2. The van der Waals surface area contributed by atoms with Crippen molar-refractivity contribution < 1.29 is 8.78 Å². The first-order valence-electron chi connectivity index (χ1n) is 4.61. The van der Waals surface area contributed by atoms with Gasteiger partial charge in [-0.2, -0.15) is 0 Å². The molecule has 0 fully saturated rings. The van der Waals surface area contributed by atoms with Crippen molar-refractivity contribution in [3.8, 4) is 10.6 Å². The summed E-state index contributed by atoms with van der Waals surface area (Å²) in [5, 5.41) is 2.23. The number of hydrogen-bond donors (Lipinski definition) is 0. The van der Waals surface area contributed by atoms with Gasteiger partial charge in [-0.3, -0.25) is 0 Å². The van der Waals surface area contributed by atoms with Crippen LogP contribution >= 0.6 is 11.3 Å². The molecular formula is C11H9F2NS. The van der Waals surface area contributed by atoms with Gasteiger partial charge in [0, 0.05) is 5.38 Å². The first-order chi connectivity index (χ1) is 7.22. The van der Waals surface area contributed by atoms with Crippen molar-refractivity contribution in [2.75, 3.05) is 0 Å². The minimum Gasteiger partial charge on any atom is -0.241 e. The number of aromatic nitrogens is 1. The Bertz CT molecular complexity index is 459. The van der Waals surface area contributed by atoms with Crippen molar-refractivity contribution in [1.82, 2.24) is 4.98 Å². The molecule has 0 aliphatic rings. The topological polar surface area (TPSA) is 12.9 Å². The van der Waals surface area contributed by atoms with Gasteiger partial charge in [0.15, 0.2) is 0 Å². The van der Waals surface area contributed by atoms with Gasteiger partial charge in [0.1, 0.15) is 16.6 Å². The summed E-state index contributed by atoms with van der Waals surface area (Å²) in [5.41, 5.74) is 0.833.